The van der Waals surface area contributed by atoms with Crippen molar-refractivity contribution < 1.29 is 0 Å². The van der Waals surface area contributed by atoms with Gasteiger partial charge in [-0.05, 0) is 144 Å². The summed E-state index contributed by atoms with van der Waals surface area (Å²) in [5, 5.41) is 3.66. The monoisotopic (exact) mass is 685 g/mol. The number of rotatable bonds is 9. The lowest BCUT2D eigenvalue weighted by Crippen LogP contribution is -1.97. The Kier molecular flexibility index (Phi) is 10.4. The summed E-state index contributed by atoms with van der Waals surface area (Å²) in [5.41, 5.74) is 21.8. The molecule has 0 unspecified atom stereocenters. The number of benzene rings is 7. The molecule has 0 radical (unpaired) electrons. The summed E-state index contributed by atoms with van der Waals surface area (Å²) in [5.74, 6) is 0. The van der Waals surface area contributed by atoms with Crippen LogP contribution in [0.3, 0.4) is 0 Å². The number of nitrogens with one attached hydrogen (secondary N) is 1. The van der Waals surface area contributed by atoms with Crippen molar-refractivity contribution in [1.29, 1.82) is 0 Å². The third-order valence-electron chi connectivity index (χ3n) is 9.81. The Labute approximate surface area is 316 Å². The van der Waals surface area contributed by atoms with Gasteiger partial charge in [0.1, 0.15) is 0 Å². The van der Waals surface area contributed by atoms with E-state index in [4.69, 9.17) is 0 Å². The largest absolute Gasteiger partial charge is 0.355 e. The molecule has 0 amide bonds. The molecule has 7 rings (SSSR count). The van der Waals surface area contributed by atoms with Crippen LogP contribution in [0.25, 0.3) is 34.4 Å². The van der Waals surface area contributed by atoms with Crippen LogP contribution >= 0.6 is 0 Å². The molecule has 0 bridgehead atoms. The molecule has 0 heterocycles. The molecule has 0 aliphatic heterocycles. The molecule has 1 heteroatoms. The quantitative estimate of drug-likeness (QED) is 0.149. The number of hydrogen-bond acceptors (Lipinski definition) is 1. The molecule has 260 valence electrons. The van der Waals surface area contributed by atoms with E-state index in [0.717, 1.165) is 11.3 Å². The number of aryl methyl sites for hydroxylation is 6. The van der Waals surface area contributed by atoms with Crippen LogP contribution in [0.15, 0.2) is 158 Å². The summed E-state index contributed by atoms with van der Waals surface area (Å²) in [6.07, 6.45) is 4.63. The van der Waals surface area contributed by atoms with E-state index < -0.39 is 0 Å². The third kappa shape index (κ3) is 8.49. The van der Waals surface area contributed by atoms with Gasteiger partial charge in [0.25, 0.3) is 0 Å². The van der Waals surface area contributed by atoms with Crippen molar-refractivity contribution in [3.8, 4) is 11.1 Å². The van der Waals surface area contributed by atoms with E-state index in [1.54, 1.807) is 0 Å². The van der Waals surface area contributed by atoms with Gasteiger partial charge in [0.05, 0.1) is 0 Å². The van der Waals surface area contributed by atoms with Gasteiger partial charge in [-0.3, -0.25) is 0 Å². The highest BCUT2D eigenvalue weighted by molar-refractivity contribution is 5.94. The van der Waals surface area contributed by atoms with Crippen LogP contribution in [0, 0.1) is 41.5 Å². The molecule has 0 saturated heterocycles. The van der Waals surface area contributed by atoms with Gasteiger partial charge < -0.3 is 5.32 Å². The Morgan fingerprint density at radius 1 is 0.377 bits per heavy atom. The molecule has 1 nitrogen and oxygen atoms in total. The Hall–Kier alpha value is -6.18. The molecule has 0 aliphatic rings. The second-order valence-electron chi connectivity index (χ2n) is 14.5. The van der Waals surface area contributed by atoms with Crippen LogP contribution < -0.4 is 5.32 Å². The average molecular weight is 686 g/mol. The van der Waals surface area contributed by atoms with E-state index >= 15 is 0 Å². The van der Waals surface area contributed by atoms with E-state index in [2.05, 4.69) is 217 Å². The fourth-order valence-corrected chi connectivity index (χ4v) is 7.43. The molecule has 0 spiro atoms. The summed E-state index contributed by atoms with van der Waals surface area (Å²) in [6.45, 7) is 13.0. The predicted molar refractivity (Wildman–Crippen MR) is 230 cm³/mol. The average Bonchev–Trinajstić information content (AvgIpc) is 3.15. The van der Waals surface area contributed by atoms with Gasteiger partial charge in [0.2, 0.25) is 0 Å². The van der Waals surface area contributed by atoms with Crippen molar-refractivity contribution >= 4 is 34.7 Å². The maximum Gasteiger partial charge on any atom is 0.0443 e. The van der Waals surface area contributed by atoms with Crippen molar-refractivity contribution in [3.63, 3.8) is 0 Å². The van der Waals surface area contributed by atoms with E-state index in [-0.39, 0.29) is 0 Å². The van der Waals surface area contributed by atoms with Crippen molar-refractivity contribution in [2.75, 3.05) is 5.32 Å². The highest BCUT2D eigenvalue weighted by atomic mass is 14.9. The molecule has 0 fully saturated rings. The molecule has 53 heavy (non-hydrogen) atoms. The Bertz CT molecular complexity index is 2380. The molecule has 0 saturated carbocycles. The molecular formula is C52H47N. The zero-order valence-corrected chi connectivity index (χ0v) is 31.7. The first-order valence-electron chi connectivity index (χ1n) is 18.5. The Morgan fingerprint density at radius 3 is 1.32 bits per heavy atom. The van der Waals surface area contributed by atoms with Crippen LogP contribution in [0.4, 0.5) is 11.4 Å². The lowest BCUT2D eigenvalue weighted by molar-refractivity contribution is 1.31. The molecule has 0 atom stereocenters. The van der Waals surface area contributed by atoms with Crippen molar-refractivity contribution in [2.45, 2.75) is 41.5 Å². The van der Waals surface area contributed by atoms with Crippen LogP contribution in [0.1, 0.15) is 66.8 Å². The molecule has 0 aromatic heterocycles. The zero-order chi connectivity index (χ0) is 36.9. The maximum absolute atomic E-state index is 3.66. The lowest BCUT2D eigenvalue weighted by atomic mass is 9.91. The van der Waals surface area contributed by atoms with E-state index in [1.807, 2.05) is 0 Å². The molecule has 0 aliphatic carbocycles. The molecular weight excluding hydrogens is 639 g/mol. The highest BCUT2D eigenvalue weighted by Gasteiger charge is 2.11. The van der Waals surface area contributed by atoms with E-state index in [1.165, 1.54) is 89.2 Å². The minimum Gasteiger partial charge on any atom is -0.355 e. The van der Waals surface area contributed by atoms with Gasteiger partial charge in [0, 0.05) is 11.4 Å². The topological polar surface area (TPSA) is 12.0 Å². The SMILES string of the molecule is Cc1cc(C)cc(C(=Cc2ccc(-c3cc(C)cc(C(=Cc4ccc(Nc5c(C)cc(C)cc5C)cc4)c4ccccc4)c3)cc2)c2ccccc2)c1. The van der Waals surface area contributed by atoms with Gasteiger partial charge in [-0.25, -0.2) is 0 Å². The summed E-state index contributed by atoms with van der Waals surface area (Å²) >= 11 is 0. The number of anilines is 2. The lowest BCUT2D eigenvalue weighted by Gasteiger charge is -2.15. The predicted octanol–water partition coefficient (Wildman–Crippen LogP) is 14.1. The summed E-state index contributed by atoms with van der Waals surface area (Å²) < 4.78 is 0. The first kappa shape index (κ1) is 35.2. The summed E-state index contributed by atoms with van der Waals surface area (Å²) in [4.78, 5) is 0. The zero-order valence-electron chi connectivity index (χ0n) is 31.7. The van der Waals surface area contributed by atoms with E-state index in [9.17, 15) is 0 Å². The normalized spacial score (nSPS) is 11.8. The Balaban J connectivity index is 1.21. The van der Waals surface area contributed by atoms with Gasteiger partial charge in [-0.1, -0.05) is 156 Å². The fourth-order valence-electron chi connectivity index (χ4n) is 7.43. The standard InChI is InChI=1S/C52H47N/c1-35-25-36(2)30-47(29-35)50(44-13-9-7-10-14-44)32-41-17-21-43(22-18-41)46-28-38(4)31-48(34-46)51(45-15-11-8-12-16-45)33-42-19-23-49(24-20-42)53-52-39(5)26-37(3)27-40(52)6/h7-34,53H,1-6H3. The van der Waals surface area contributed by atoms with Crippen molar-refractivity contribution in [1.82, 2.24) is 0 Å². The van der Waals surface area contributed by atoms with Crippen molar-refractivity contribution in [3.05, 3.63) is 224 Å². The summed E-state index contributed by atoms with van der Waals surface area (Å²) in [6, 6.07) is 57.4. The van der Waals surface area contributed by atoms with Gasteiger partial charge in [-0.2, -0.15) is 0 Å². The van der Waals surface area contributed by atoms with Crippen LogP contribution in [0.5, 0.6) is 0 Å². The van der Waals surface area contributed by atoms with Crippen LogP contribution in [-0.4, -0.2) is 0 Å². The third-order valence-corrected chi connectivity index (χ3v) is 9.81. The minimum atomic E-state index is 1.08. The van der Waals surface area contributed by atoms with Crippen LogP contribution in [-0.2, 0) is 0 Å². The van der Waals surface area contributed by atoms with Gasteiger partial charge in [-0.15, -0.1) is 0 Å². The first-order valence-corrected chi connectivity index (χ1v) is 18.5. The minimum absolute atomic E-state index is 1.08. The summed E-state index contributed by atoms with van der Waals surface area (Å²) in [7, 11) is 0. The van der Waals surface area contributed by atoms with Gasteiger partial charge in [0.15, 0.2) is 0 Å². The van der Waals surface area contributed by atoms with Gasteiger partial charge >= 0.3 is 0 Å². The first-order chi connectivity index (χ1) is 25.7. The van der Waals surface area contributed by atoms with Crippen LogP contribution in [0.2, 0.25) is 0 Å². The second-order valence-corrected chi connectivity index (χ2v) is 14.5. The molecule has 1 N–H and O–H groups in total. The second kappa shape index (κ2) is 15.6. The molecule has 7 aromatic carbocycles. The maximum atomic E-state index is 3.66. The van der Waals surface area contributed by atoms with Crippen molar-refractivity contribution in [2.24, 2.45) is 0 Å². The number of hydrogen-bond donors (Lipinski definition) is 1. The molecule has 7 aromatic rings. The Morgan fingerprint density at radius 2 is 0.811 bits per heavy atom. The highest BCUT2D eigenvalue weighted by Crippen LogP contribution is 2.33. The van der Waals surface area contributed by atoms with E-state index in [0.29, 0.717) is 0 Å². The fraction of sp³-hybridized carbons (Fsp3) is 0.115. The smallest absolute Gasteiger partial charge is 0.0443 e.